The highest BCUT2D eigenvalue weighted by molar-refractivity contribution is 7.89. The number of carbonyl (C=O) groups is 3. The van der Waals surface area contributed by atoms with Gasteiger partial charge in [0.2, 0.25) is 21.8 Å². The smallest absolute Gasteiger partial charge is 0.318 e. The van der Waals surface area contributed by atoms with Crippen LogP contribution in [0.4, 0.5) is 4.79 Å². The Bertz CT molecular complexity index is 1830. The molecule has 1 heterocycles. The maximum absolute atomic E-state index is 14.1. The van der Waals surface area contributed by atoms with Crippen molar-refractivity contribution in [3.8, 4) is 0 Å². The molecule has 300 valence electrons. The average molecular weight is 798 g/mol. The Morgan fingerprint density at radius 2 is 1.71 bits per heavy atom. The molecule has 55 heavy (non-hydrogen) atoms. The molecule has 1 saturated carbocycles. The van der Waals surface area contributed by atoms with Crippen molar-refractivity contribution in [3.63, 3.8) is 0 Å². The molecule has 1 fully saturated rings. The number of carbonyl (C=O) groups excluding carboxylic acids is 3. The summed E-state index contributed by atoms with van der Waals surface area (Å²) in [6.45, 7) is 7.16. The van der Waals surface area contributed by atoms with Gasteiger partial charge in [-0.15, -0.1) is 11.3 Å². The number of aromatic nitrogens is 1. The van der Waals surface area contributed by atoms with Crippen LogP contribution in [-0.2, 0) is 32.6 Å². The van der Waals surface area contributed by atoms with Crippen molar-refractivity contribution in [2.24, 2.45) is 17.0 Å². The van der Waals surface area contributed by atoms with Gasteiger partial charge in [-0.05, 0) is 61.3 Å². The fourth-order valence-corrected chi connectivity index (χ4v) is 9.02. The first-order chi connectivity index (χ1) is 26.2. The predicted octanol–water partition coefficient (Wildman–Crippen LogP) is 4.67. The van der Waals surface area contributed by atoms with Gasteiger partial charge >= 0.3 is 6.03 Å². The first-order valence-corrected chi connectivity index (χ1v) is 21.1. The third-order valence-electron chi connectivity index (χ3n) is 10.0. The molecular formula is C39H55N7O7S2. The van der Waals surface area contributed by atoms with Gasteiger partial charge in [0.1, 0.15) is 11.0 Å². The summed E-state index contributed by atoms with van der Waals surface area (Å²) in [5, 5.41) is 35.0. The van der Waals surface area contributed by atoms with E-state index in [0.29, 0.717) is 22.7 Å². The highest BCUT2D eigenvalue weighted by atomic mass is 32.2. The van der Waals surface area contributed by atoms with Crippen molar-refractivity contribution in [1.29, 1.82) is 0 Å². The predicted molar refractivity (Wildman–Crippen MR) is 212 cm³/mol. The van der Waals surface area contributed by atoms with Gasteiger partial charge in [-0.1, -0.05) is 80.7 Å². The lowest BCUT2D eigenvalue weighted by atomic mass is 9.96. The van der Waals surface area contributed by atoms with Gasteiger partial charge in [-0.2, -0.15) is 4.31 Å². The van der Waals surface area contributed by atoms with Crippen molar-refractivity contribution in [2.75, 3.05) is 20.1 Å². The summed E-state index contributed by atoms with van der Waals surface area (Å²) in [4.78, 5) is 45.2. The number of oxime groups is 1. The molecule has 5 N–H and O–H groups in total. The van der Waals surface area contributed by atoms with Crippen molar-refractivity contribution in [1.82, 2.24) is 30.1 Å². The lowest BCUT2D eigenvalue weighted by Gasteiger charge is -2.33. The fourth-order valence-electron chi connectivity index (χ4n) is 6.67. The number of aliphatic hydroxyl groups excluding tert-OH is 1. The molecule has 4 rings (SSSR count). The monoisotopic (exact) mass is 797 g/mol. The number of nitrogens with zero attached hydrogens (tertiary/aromatic N) is 4. The summed E-state index contributed by atoms with van der Waals surface area (Å²) in [5.41, 5.74) is 1.99. The van der Waals surface area contributed by atoms with Crippen LogP contribution in [0.2, 0.25) is 0 Å². The van der Waals surface area contributed by atoms with E-state index in [1.165, 1.54) is 45.8 Å². The Morgan fingerprint density at radius 3 is 2.33 bits per heavy atom. The summed E-state index contributed by atoms with van der Waals surface area (Å²) in [5.74, 6) is -0.822. The van der Waals surface area contributed by atoms with Crippen LogP contribution in [0.15, 0.2) is 70.0 Å². The van der Waals surface area contributed by atoms with E-state index in [0.717, 1.165) is 31.2 Å². The number of amides is 4. The lowest BCUT2D eigenvalue weighted by molar-refractivity contribution is -0.125. The fraction of sp³-hybridized carbons (Fsp3) is 0.513. The second-order valence-electron chi connectivity index (χ2n) is 14.4. The van der Waals surface area contributed by atoms with E-state index in [4.69, 9.17) is 5.21 Å². The second kappa shape index (κ2) is 20.5. The molecule has 16 heteroatoms. The van der Waals surface area contributed by atoms with Crippen LogP contribution >= 0.6 is 11.3 Å². The highest BCUT2D eigenvalue weighted by Crippen LogP contribution is 2.28. The van der Waals surface area contributed by atoms with Gasteiger partial charge in [0.15, 0.2) is 0 Å². The Hall–Kier alpha value is -4.38. The first-order valence-electron chi connectivity index (χ1n) is 18.7. The zero-order valence-electron chi connectivity index (χ0n) is 32.2. The largest absolute Gasteiger partial charge is 0.411 e. The Morgan fingerprint density at radius 1 is 1.04 bits per heavy atom. The van der Waals surface area contributed by atoms with Crippen LogP contribution in [0.3, 0.4) is 0 Å². The molecule has 4 amide bonds. The van der Waals surface area contributed by atoms with E-state index in [-0.39, 0.29) is 54.7 Å². The van der Waals surface area contributed by atoms with Gasteiger partial charge in [0.25, 0.3) is 0 Å². The summed E-state index contributed by atoms with van der Waals surface area (Å²) in [6.07, 6.45) is 4.44. The number of sulfonamides is 1. The van der Waals surface area contributed by atoms with E-state index in [2.05, 4.69) is 26.1 Å². The van der Waals surface area contributed by atoms with E-state index in [1.807, 2.05) is 56.5 Å². The minimum Gasteiger partial charge on any atom is -0.411 e. The van der Waals surface area contributed by atoms with Crippen molar-refractivity contribution in [2.45, 2.75) is 102 Å². The maximum atomic E-state index is 14.1. The number of urea groups is 1. The Kier molecular flexibility index (Phi) is 16.2. The van der Waals surface area contributed by atoms with Crippen LogP contribution in [-0.4, -0.2) is 95.3 Å². The number of rotatable bonds is 19. The SMILES string of the molecule is CC[C@H](C)[C@H](NC(=O)N(C)Cc1csc([C@H](C)NC(C)=O)n1)C(=O)N[C@@H](Cc1ccccc1)[C@H](O)CN(CC1CCCC1)S(=O)(=O)c1ccc(/C=N/O)cc1. The van der Waals surface area contributed by atoms with Crippen LogP contribution in [0, 0.1) is 11.8 Å². The van der Waals surface area contributed by atoms with E-state index in [9.17, 15) is 27.9 Å². The van der Waals surface area contributed by atoms with E-state index < -0.39 is 40.1 Å². The Balaban J connectivity index is 1.54. The molecule has 1 aliphatic carbocycles. The van der Waals surface area contributed by atoms with Gasteiger partial charge in [0.05, 0.1) is 41.5 Å². The highest BCUT2D eigenvalue weighted by Gasteiger charge is 2.35. The van der Waals surface area contributed by atoms with Crippen LogP contribution in [0.5, 0.6) is 0 Å². The molecule has 3 aromatic rings. The third-order valence-corrected chi connectivity index (χ3v) is 12.9. The minimum atomic E-state index is -4.08. The molecule has 14 nitrogen and oxygen atoms in total. The van der Waals surface area contributed by atoms with Crippen LogP contribution < -0.4 is 16.0 Å². The zero-order chi connectivity index (χ0) is 40.1. The van der Waals surface area contributed by atoms with Gasteiger partial charge in [-0.25, -0.2) is 18.2 Å². The number of hydrogen-bond donors (Lipinski definition) is 5. The molecule has 0 saturated heterocycles. The van der Waals surface area contributed by atoms with Crippen molar-refractivity contribution < 1.29 is 33.1 Å². The average Bonchev–Trinajstić information content (AvgIpc) is 3.86. The Labute approximate surface area is 328 Å². The van der Waals surface area contributed by atoms with Gasteiger partial charge in [-0.3, -0.25) is 9.59 Å². The molecule has 2 aromatic carbocycles. The number of hydrogen-bond acceptors (Lipinski definition) is 10. The molecule has 0 bridgehead atoms. The summed E-state index contributed by atoms with van der Waals surface area (Å²) in [7, 11) is -2.47. The molecular weight excluding hydrogens is 743 g/mol. The molecule has 5 atom stereocenters. The number of thiazole rings is 1. The van der Waals surface area contributed by atoms with Crippen LogP contribution in [0.1, 0.15) is 87.7 Å². The first kappa shape index (κ1) is 43.3. The van der Waals surface area contributed by atoms with E-state index >= 15 is 0 Å². The molecule has 1 aliphatic rings. The molecule has 0 aliphatic heterocycles. The summed E-state index contributed by atoms with van der Waals surface area (Å²) >= 11 is 1.38. The maximum Gasteiger partial charge on any atom is 0.318 e. The summed E-state index contributed by atoms with van der Waals surface area (Å²) < 4.78 is 29.6. The number of benzene rings is 2. The topological polar surface area (TPSA) is 194 Å². The second-order valence-corrected chi connectivity index (χ2v) is 17.3. The molecule has 0 spiro atoms. The number of aliphatic hydroxyl groups is 1. The molecule has 0 radical (unpaired) electrons. The standard InChI is InChI=1S/C39H55N7O7S2/c1-6-26(2)36(44-39(50)45(5)23-32-25-54-38(42-32)27(3)41-28(4)47)37(49)43-34(20-29-12-8-7-9-13-29)35(48)24-46(22-31-14-10-11-15-31)55(52,53)33-18-16-30(17-19-33)21-40-51/h7-9,12-13,16-19,21,25-27,31,34-36,48,51H,6,10-11,14-15,20,22-24H2,1-5H3,(H,41,47)(H,43,49)(H,44,50)/b40-21+/t26-,27-,34-,35+,36-/m0/s1. The molecule has 1 aromatic heterocycles. The number of nitrogens with one attached hydrogen (secondary N) is 3. The third kappa shape index (κ3) is 12.6. The summed E-state index contributed by atoms with van der Waals surface area (Å²) in [6, 6.07) is 12.7. The molecule has 0 unspecified atom stereocenters. The minimum absolute atomic E-state index is 0.0382. The normalized spacial score (nSPS) is 16.3. The van der Waals surface area contributed by atoms with E-state index in [1.54, 1.807) is 19.2 Å². The van der Waals surface area contributed by atoms with Crippen molar-refractivity contribution >= 4 is 45.4 Å². The lowest BCUT2D eigenvalue weighted by Crippen LogP contribution is -2.58. The quantitative estimate of drug-likeness (QED) is 0.0656. The van der Waals surface area contributed by atoms with Gasteiger partial charge < -0.3 is 31.2 Å². The van der Waals surface area contributed by atoms with Crippen molar-refractivity contribution in [3.05, 3.63) is 81.8 Å². The van der Waals surface area contributed by atoms with Crippen LogP contribution in [0.25, 0.3) is 0 Å². The van der Waals surface area contributed by atoms with Gasteiger partial charge in [0, 0.05) is 32.4 Å². The zero-order valence-corrected chi connectivity index (χ0v) is 33.9.